The van der Waals surface area contributed by atoms with Gasteiger partial charge in [0.05, 0.1) is 0 Å². The second-order valence-electron chi connectivity index (χ2n) is 4.69. The quantitative estimate of drug-likeness (QED) is 0.827. The monoisotopic (exact) mass is 330 g/mol. The van der Waals surface area contributed by atoms with Crippen LogP contribution < -0.4 is 8.70 Å². The molecule has 0 aliphatic carbocycles. The summed E-state index contributed by atoms with van der Waals surface area (Å²) in [5.74, 6) is -0.858. The van der Waals surface area contributed by atoms with Gasteiger partial charge in [0.1, 0.15) is 0 Å². The summed E-state index contributed by atoms with van der Waals surface area (Å²) in [6.45, 7) is 2.21. The molecule has 0 aromatic heterocycles. The molecule has 0 spiro atoms. The van der Waals surface area contributed by atoms with Crippen LogP contribution in [0.15, 0.2) is 54.6 Å². The first-order valence-electron chi connectivity index (χ1n) is 6.88. The summed E-state index contributed by atoms with van der Waals surface area (Å²) in [6, 6.07) is 18.1. The van der Waals surface area contributed by atoms with Crippen molar-refractivity contribution >= 4 is 29.3 Å². The van der Waals surface area contributed by atoms with Crippen LogP contribution in [0.2, 0.25) is 5.21 Å². The van der Waals surface area contributed by atoms with E-state index < -0.39 is 20.6 Å². The van der Waals surface area contributed by atoms with Gasteiger partial charge in [-0.15, -0.1) is 0 Å². The molecule has 3 heteroatoms. The van der Waals surface area contributed by atoms with Gasteiger partial charge in [-0.05, 0) is 0 Å². The Labute approximate surface area is 124 Å². The van der Waals surface area contributed by atoms with E-state index in [9.17, 15) is 4.79 Å². The van der Waals surface area contributed by atoms with Crippen molar-refractivity contribution in [3.05, 3.63) is 60.2 Å². The van der Waals surface area contributed by atoms with Crippen molar-refractivity contribution in [1.29, 1.82) is 0 Å². The molecule has 2 nitrogen and oxygen atoms in total. The molecule has 2 aromatic carbocycles. The Morgan fingerprint density at radius 3 is 2.15 bits per heavy atom. The van der Waals surface area contributed by atoms with Crippen LogP contribution in [0.3, 0.4) is 0 Å². The van der Waals surface area contributed by atoms with Crippen molar-refractivity contribution in [1.82, 2.24) is 0 Å². The Morgan fingerprint density at radius 1 is 1.00 bits per heavy atom. The normalized spacial score (nSPS) is 12.1. The van der Waals surface area contributed by atoms with Crippen LogP contribution in [0.4, 0.5) is 0 Å². The van der Waals surface area contributed by atoms with Gasteiger partial charge in [0, 0.05) is 0 Å². The zero-order valence-corrected chi connectivity index (χ0v) is 13.5. The fraction of sp³-hybridized carbons (Fsp3) is 0.235. The van der Waals surface area contributed by atoms with Gasteiger partial charge in [-0.1, -0.05) is 0 Å². The number of benzene rings is 2. The molecule has 1 N–H and O–H groups in total. The van der Waals surface area contributed by atoms with Crippen molar-refractivity contribution < 1.29 is 9.90 Å². The fourth-order valence-electron chi connectivity index (χ4n) is 2.12. The Morgan fingerprint density at radius 2 is 1.60 bits per heavy atom. The zero-order chi connectivity index (χ0) is 14.4. The molecule has 0 saturated heterocycles. The third-order valence-electron chi connectivity index (χ3n) is 3.23. The second kappa shape index (κ2) is 7.30. The Bertz CT molecular complexity index is 549. The van der Waals surface area contributed by atoms with Crippen LogP contribution in [-0.2, 0) is 0 Å². The number of carbonyl (C=O) groups is 1. The summed E-state index contributed by atoms with van der Waals surface area (Å²) < 4.78 is 2.78. The number of hydrogen-bond donors (Lipinski definition) is 1. The molecule has 0 aliphatic rings. The number of unbranched alkanes of at least 4 members (excludes halogenated alkanes) is 1. The zero-order valence-electron chi connectivity index (χ0n) is 11.6. The van der Waals surface area contributed by atoms with Crippen molar-refractivity contribution in [2.75, 3.05) is 0 Å². The van der Waals surface area contributed by atoms with Gasteiger partial charge in [-0.25, -0.2) is 0 Å². The van der Waals surface area contributed by atoms with Crippen LogP contribution >= 0.6 is 0 Å². The Hall–Kier alpha value is -1.53. The maximum atomic E-state index is 10.9. The van der Waals surface area contributed by atoms with Gasteiger partial charge in [0.2, 0.25) is 0 Å². The summed E-state index contributed by atoms with van der Waals surface area (Å²) >= 11 is -1.29. The molecule has 0 radical (unpaired) electrons. The summed E-state index contributed by atoms with van der Waals surface area (Å²) in [4.78, 5) is 10.9. The molecule has 0 amide bonds. The average Bonchev–Trinajstić information content (AvgIpc) is 2.49. The summed E-state index contributed by atoms with van der Waals surface area (Å²) in [5.41, 5.74) is 0.367. The van der Waals surface area contributed by atoms with Crippen LogP contribution in [0.5, 0.6) is 0 Å². The third-order valence-corrected chi connectivity index (χ3v) is 8.70. The Kier molecular flexibility index (Phi) is 5.43. The molecule has 0 fully saturated rings. The average molecular weight is 330 g/mol. The van der Waals surface area contributed by atoms with Gasteiger partial charge in [0.25, 0.3) is 0 Å². The minimum atomic E-state index is -1.29. The van der Waals surface area contributed by atoms with E-state index in [4.69, 9.17) is 5.11 Å². The van der Waals surface area contributed by atoms with E-state index >= 15 is 0 Å². The molecule has 2 aromatic rings. The van der Waals surface area contributed by atoms with E-state index in [2.05, 4.69) is 31.2 Å². The number of aromatic carboxylic acids is 1. The van der Waals surface area contributed by atoms with Gasteiger partial charge in [-0.2, -0.15) is 0 Å². The number of rotatable bonds is 6. The first kappa shape index (κ1) is 14.9. The van der Waals surface area contributed by atoms with Crippen molar-refractivity contribution in [2.45, 2.75) is 25.0 Å². The van der Waals surface area contributed by atoms with E-state index in [1.165, 1.54) is 26.8 Å². The van der Waals surface area contributed by atoms with Crippen molar-refractivity contribution in [3.8, 4) is 0 Å². The van der Waals surface area contributed by atoms with Crippen LogP contribution in [0.1, 0.15) is 30.1 Å². The molecule has 1 atom stereocenters. The minimum absolute atomic E-state index is 0.367. The van der Waals surface area contributed by atoms with Gasteiger partial charge in [-0.3, -0.25) is 0 Å². The summed E-state index contributed by atoms with van der Waals surface area (Å²) in [7, 11) is 0. The molecule has 1 unspecified atom stereocenters. The molecular formula is C17H19AsO2. The van der Waals surface area contributed by atoms with Crippen molar-refractivity contribution in [3.63, 3.8) is 0 Å². The standard InChI is InChI=1S/C17H19AsO2/c1-2-3-13-18(15-7-5-4-6-8-15)16-11-9-14(10-12-16)17(19)20/h4-12H,2-3,13H2,1H3,(H,19,20). The predicted molar refractivity (Wildman–Crippen MR) is 84.6 cm³/mol. The molecule has 20 heavy (non-hydrogen) atoms. The predicted octanol–water partition coefficient (Wildman–Crippen LogP) is 2.79. The number of carboxylic acid groups (broad SMARTS) is 1. The van der Waals surface area contributed by atoms with E-state index in [0.717, 1.165) is 0 Å². The second-order valence-corrected chi connectivity index (χ2v) is 9.59. The molecule has 0 saturated carbocycles. The van der Waals surface area contributed by atoms with Gasteiger partial charge >= 0.3 is 124 Å². The molecule has 0 heterocycles. The molecule has 104 valence electrons. The topological polar surface area (TPSA) is 37.3 Å². The maximum absolute atomic E-state index is 10.9. The number of hydrogen-bond acceptors (Lipinski definition) is 1. The summed E-state index contributed by atoms with van der Waals surface area (Å²) in [5, 5.41) is 10.2. The molecular weight excluding hydrogens is 311 g/mol. The third kappa shape index (κ3) is 3.74. The molecule has 0 bridgehead atoms. The van der Waals surface area contributed by atoms with Crippen LogP contribution in [-0.4, -0.2) is 25.7 Å². The van der Waals surface area contributed by atoms with Gasteiger partial charge in [0.15, 0.2) is 0 Å². The van der Waals surface area contributed by atoms with Crippen LogP contribution in [0.25, 0.3) is 0 Å². The Balaban J connectivity index is 2.28. The van der Waals surface area contributed by atoms with E-state index in [1.54, 1.807) is 12.1 Å². The summed E-state index contributed by atoms with van der Waals surface area (Å²) in [6.07, 6.45) is 2.43. The van der Waals surface area contributed by atoms with Gasteiger partial charge < -0.3 is 0 Å². The number of carboxylic acids is 1. The first-order valence-corrected chi connectivity index (χ1v) is 10.1. The first-order chi connectivity index (χ1) is 9.72. The fourth-order valence-corrected chi connectivity index (χ4v) is 7.34. The molecule has 2 rings (SSSR count). The van der Waals surface area contributed by atoms with E-state index in [0.29, 0.717) is 5.56 Å². The SMILES string of the molecule is CCCC[As](c1ccccc1)c1ccc(C(=O)O)cc1. The van der Waals surface area contributed by atoms with E-state index in [-0.39, 0.29) is 0 Å². The van der Waals surface area contributed by atoms with Crippen LogP contribution in [0, 0.1) is 0 Å². The van der Waals surface area contributed by atoms with Crippen molar-refractivity contribution in [2.24, 2.45) is 0 Å². The van der Waals surface area contributed by atoms with E-state index in [1.807, 2.05) is 18.2 Å². The molecule has 0 aliphatic heterocycles.